The summed E-state index contributed by atoms with van der Waals surface area (Å²) in [6, 6.07) is 4.04. The second-order valence-electron chi connectivity index (χ2n) is 6.03. The van der Waals surface area contributed by atoms with Crippen molar-refractivity contribution in [1.82, 2.24) is 10.2 Å². The molecule has 1 N–H and O–H groups in total. The van der Waals surface area contributed by atoms with E-state index in [1.807, 2.05) is 13.8 Å². The summed E-state index contributed by atoms with van der Waals surface area (Å²) >= 11 is 0. The van der Waals surface area contributed by atoms with E-state index in [1.165, 1.54) is 24.3 Å². The summed E-state index contributed by atoms with van der Waals surface area (Å²) in [5.74, 6) is 0.0585. The molecule has 25 heavy (non-hydrogen) atoms. The predicted molar refractivity (Wildman–Crippen MR) is 87.8 cm³/mol. The van der Waals surface area contributed by atoms with E-state index in [2.05, 4.69) is 11.2 Å². The Morgan fingerprint density at radius 1 is 1.36 bits per heavy atom. The number of ether oxygens (including phenoxy) is 1. The first-order chi connectivity index (χ1) is 11.8. The van der Waals surface area contributed by atoms with Crippen LogP contribution in [0.5, 0.6) is 0 Å². The highest BCUT2D eigenvalue weighted by molar-refractivity contribution is 6.04. The molecule has 1 aromatic carbocycles. The van der Waals surface area contributed by atoms with Gasteiger partial charge in [-0.15, -0.1) is 6.42 Å². The summed E-state index contributed by atoms with van der Waals surface area (Å²) in [6.07, 6.45) is 5.11. The fourth-order valence-corrected chi connectivity index (χ4v) is 2.65. The zero-order valence-corrected chi connectivity index (χ0v) is 14.0. The predicted octanol–water partition coefficient (Wildman–Crippen LogP) is 1.66. The summed E-state index contributed by atoms with van der Waals surface area (Å²) in [7, 11) is 0. The number of benzene rings is 1. The Bertz CT molecular complexity index is 709. The second-order valence-corrected chi connectivity index (χ2v) is 6.03. The third-order valence-electron chi connectivity index (χ3n) is 3.90. The van der Waals surface area contributed by atoms with Crippen molar-refractivity contribution < 1.29 is 23.5 Å². The van der Waals surface area contributed by atoms with Gasteiger partial charge in [0.2, 0.25) is 0 Å². The number of hydrogen-bond donors (Lipinski definition) is 1. The lowest BCUT2D eigenvalue weighted by atomic mass is 9.88. The molecule has 0 saturated carbocycles. The van der Waals surface area contributed by atoms with E-state index < -0.39 is 35.7 Å². The summed E-state index contributed by atoms with van der Waals surface area (Å²) in [5.41, 5.74) is 0.622. The molecular formula is C18H19FN2O4. The van der Waals surface area contributed by atoms with Gasteiger partial charge in [0.15, 0.2) is 0 Å². The molecule has 1 aliphatic rings. The largest absolute Gasteiger partial charge is 0.462 e. The van der Waals surface area contributed by atoms with Crippen LogP contribution in [-0.4, -0.2) is 42.0 Å². The van der Waals surface area contributed by atoms with Gasteiger partial charge in [-0.1, -0.05) is 31.9 Å². The number of hydrogen-bond acceptors (Lipinski definition) is 4. The van der Waals surface area contributed by atoms with Crippen LogP contribution in [0.1, 0.15) is 25.3 Å². The first-order valence-electron chi connectivity index (χ1n) is 7.82. The Morgan fingerprint density at radius 3 is 2.56 bits per heavy atom. The molecule has 1 heterocycles. The molecule has 0 radical (unpaired) electrons. The van der Waals surface area contributed by atoms with Crippen molar-refractivity contribution in [1.29, 1.82) is 0 Å². The van der Waals surface area contributed by atoms with Crippen LogP contribution in [0, 0.1) is 24.1 Å². The normalized spacial score (nSPS) is 18.0. The highest BCUT2D eigenvalue weighted by Crippen LogP contribution is 2.26. The highest BCUT2D eigenvalue weighted by Gasteiger charge is 2.38. The van der Waals surface area contributed by atoms with Crippen molar-refractivity contribution in [3.05, 3.63) is 35.6 Å². The molecule has 0 aromatic heterocycles. The van der Waals surface area contributed by atoms with Gasteiger partial charge in [-0.05, 0) is 23.6 Å². The van der Waals surface area contributed by atoms with Crippen molar-refractivity contribution in [2.24, 2.45) is 5.92 Å². The van der Waals surface area contributed by atoms with Crippen LogP contribution in [0.25, 0.3) is 0 Å². The van der Waals surface area contributed by atoms with Crippen LogP contribution in [-0.2, 0) is 14.3 Å². The lowest BCUT2D eigenvalue weighted by Crippen LogP contribution is -2.36. The second kappa shape index (κ2) is 7.79. The third-order valence-corrected chi connectivity index (χ3v) is 3.90. The average Bonchev–Trinajstić information content (AvgIpc) is 2.82. The van der Waals surface area contributed by atoms with Gasteiger partial charge in [0, 0.05) is 0 Å². The minimum absolute atomic E-state index is 0.0928. The van der Waals surface area contributed by atoms with Gasteiger partial charge in [-0.25, -0.2) is 9.18 Å². The molecule has 132 valence electrons. The molecule has 0 aliphatic carbocycles. The number of halogens is 1. The molecule has 0 bridgehead atoms. The Morgan fingerprint density at radius 2 is 2.00 bits per heavy atom. The van der Waals surface area contributed by atoms with Crippen molar-refractivity contribution in [3.63, 3.8) is 0 Å². The maximum atomic E-state index is 13.1. The topological polar surface area (TPSA) is 75.7 Å². The molecule has 3 amide bonds. The highest BCUT2D eigenvalue weighted by atomic mass is 19.1. The van der Waals surface area contributed by atoms with Crippen molar-refractivity contribution in [3.8, 4) is 12.3 Å². The van der Waals surface area contributed by atoms with Crippen LogP contribution in [0.2, 0.25) is 0 Å². The fourth-order valence-electron chi connectivity index (χ4n) is 2.65. The van der Waals surface area contributed by atoms with Crippen LogP contribution in [0.3, 0.4) is 0 Å². The van der Waals surface area contributed by atoms with E-state index >= 15 is 0 Å². The lowest BCUT2D eigenvalue weighted by Gasteiger charge is -2.20. The van der Waals surface area contributed by atoms with E-state index in [4.69, 9.17) is 11.2 Å². The van der Waals surface area contributed by atoms with E-state index in [-0.39, 0.29) is 19.1 Å². The zero-order valence-electron chi connectivity index (χ0n) is 14.0. The van der Waals surface area contributed by atoms with Crippen LogP contribution >= 0.6 is 0 Å². The van der Waals surface area contributed by atoms with Crippen molar-refractivity contribution >= 4 is 17.9 Å². The van der Waals surface area contributed by atoms with E-state index in [0.717, 1.165) is 4.90 Å². The maximum absolute atomic E-state index is 13.1. The van der Waals surface area contributed by atoms with E-state index in [9.17, 15) is 18.8 Å². The Kier molecular flexibility index (Phi) is 5.75. The smallest absolute Gasteiger partial charge is 0.325 e. The molecule has 2 atom stereocenters. The molecule has 1 fully saturated rings. The minimum Gasteiger partial charge on any atom is -0.462 e. The Balaban J connectivity index is 2.03. The monoisotopic (exact) mass is 346 g/mol. The van der Waals surface area contributed by atoms with Gasteiger partial charge in [-0.3, -0.25) is 14.5 Å². The minimum atomic E-state index is -0.953. The number of nitrogens with zero attached hydrogens (tertiary/aromatic N) is 1. The van der Waals surface area contributed by atoms with Gasteiger partial charge in [0.25, 0.3) is 5.91 Å². The van der Waals surface area contributed by atoms with Gasteiger partial charge in [0.1, 0.15) is 18.5 Å². The number of imide groups is 1. The van der Waals surface area contributed by atoms with E-state index in [0.29, 0.717) is 5.56 Å². The quantitative estimate of drug-likeness (QED) is 0.483. The maximum Gasteiger partial charge on any atom is 0.325 e. The molecule has 7 heteroatoms. The summed E-state index contributed by atoms with van der Waals surface area (Å²) < 4.78 is 18.3. The first kappa shape index (κ1) is 18.5. The van der Waals surface area contributed by atoms with Crippen LogP contribution < -0.4 is 5.32 Å². The van der Waals surface area contributed by atoms with Crippen LogP contribution in [0.4, 0.5) is 9.18 Å². The van der Waals surface area contributed by atoms with Gasteiger partial charge < -0.3 is 10.1 Å². The summed E-state index contributed by atoms with van der Waals surface area (Å²) in [5, 5.41) is 2.42. The number of rotatable bonds is 6. The zero-order chi connectivity index (χ0) is 18.6. The summed E-state index contributed by atoms with van der Waals surface area (Å²) in [6.45, 7) is 3.26. The molecule has 2 unspecified atom stereocenters. The lowest BCUT2D eigenvalue weighted by molar-refractivity contribution is -0.148. The molecular weight excluding hydrogens is 327 g/mol. The van der Waals surface area contributed by atoms with Crippen molar-refractivity contribution in [2.75, 3.05) is 13.2 Å². The fraction of sp³-hybridized carbons (Fsp3) is 0.389. The number of nitrogens with one attached hydrogen (secondary N) is 1. The number of terminal acetylenes is 1. The molecule has 1 saturated heterocycles. The molecule has 2 rings (SSSR count). The van der Waals surface area contributed by atoms with Crippen molar-refractivity contribution in [2.45, 2.75) is 25.8 Å². The van der Waals surface area contributed by atoms with E-state index in [1.54, 1.807) is 0 Å². The number of carbonyl (C=O) groups is 3. The molecule has 1 aliphatic heterocycles. The summed E-state index contributed by atoms with van der Waals surface area (Å²) in [4.78, 5) is 37.0. The number of carbonyl (C=O) groups excluding carboxylic acids is 3. The number of urea groups is 1. The average molecular weight is 346 g/mol. The van der Waals surface area contributed by atoms with Gasteiger partial charge in [0.05, 0.1) is 12.5 Å². The molecule has 1 aromatic rings. The SMILES string of the molecule is C#CCN1C(=O)NC(COC(=O)C(c2ccc(F)cc2)C(C)C)C1=O. The first-order valence-corrected chi connectivity index (χ1v) is 7.82. The Hall–Kier alpha value is -2.88. The number of amides is 3. The van der Waals surface area contributed by atoms with Gasteiger partial charge >= 0.3 is 12.0 Å². The standard InChI is InChI=1S/C18H19FN2O4/c1-4-9-21-16(22)14(20-18(21)24)10-25-17(23)15(11(2)3)12-5-7-13(19)8-6-12/h1,5-8,11,14-15H,9-10H2,2-3H3,(H,20,24). The third kappa shape index (κ3) is 4.15. The van der Waals surface area contributed by atoms with Crippen LogP contribution in [0.15, 0.2) is 24.3 Å². The molecule has 6 nitrogen and oxygen atoms in total. The number of esters is 1. The van der Waals surface area contributed by atoms with Gasteiger partial charge in [-0.2, -0.15) is 0 Å². The molecule has 0 spiro atoms. The Labute approximate surface area is 145 Å².